The Kier molecular flexibility index (Phi) is 4.89. The minimum absolute atomic E-state index is 0.0113. The number of hydrogen-bond acceptors (Lipinski definition) is 8. The molecule has 0 aliphatic rings. The van der Waals surface area contributed by atoms with Gasteiger partial charge in [0.15, 0.2) is 5.16 Å². The highest BCUT2D eigenvalue weighted by molar-refractivity contribution is 8.00. The molecule has 2 aromatic heterocycles. The van der Waals surface area contributed by atoms with Gasteiger partial charge in [-0.2, -0.15) is 13.2 Å². The minimum atomic E-state index is -4.62. The molecule has 0 unspecified atom stereocenters. The third kappa shape index (κ3) is 4.66. The van der Waals surface area contributed by atoms with E-state index in [1.165, 1.54) is 6.92 Å². The van der Waals surface area contributed by atoms with Crippen molar-refractivity contribution in [2.75, 3.05) is 11.1 Å². The van der Waals surface area contributed by atoms with Gasteiger partial charge in [0, 0.05) is 6.07 Å². The van der Waals surface area contributed by atoms with Crippen LogP contribution in [0.3, 0.4) is 0 Å². The Labute approximate surface area is 134 Å². The predicted octanol–water partition coefficient (Wildman–Crippen LogP) is 1.34. The van der Waals surface area contributed by atoms with Crippen LogP contribution in [-0.2, 0) is 11.0 Å². The molecule has 8 nitrogen and oxygen atoms in total. The van der Waals surface area contributed by atoms with Crippen molar-refractivity contribution in [2.24, 2.45) is 0 Å². The fourth-order valence-corrected chi connectivity index (χ4v) is 2.76. The first-order valence-corrected chi connectivity index (χ1v) is 7.60. The first kappa shape index (κ1) is 17.2. The van der Waals surface area contributed by atoms with Gasteiger partial charge in [-0.3, -0.25) is 14.9 Å². The third-order valence-corrected chi connectivity index (χ3v) is 4.16. The molecule has 0 radical (unpaired) electrons. The van der Waals surface area contributed by atoms with E-state index in [0.717, 1.165) is 17.8 Å². The molecule has 2 heterocycles. The van der Waals surface area contributed by atoms with Crippen LogP contribution in [-0.4, -0.2) is 31.3 Å². The Morgan fingerprint density at radius 2 is 2.17 bits per heavy atom. The highest BCUT2D eigenvalue weighted by Crippen LogP contribution is 2.33. The summed E-state index contributed by atoms with van der Waals surface area (Å²) in [7, 11) is 0. The van der Waals surface area contributed by atoms with Crippen LogP contribution < -0.4 is 16.6 Å². The molecule has 4 N–H and O–H groups in total. The summed E-state index contributed by atoms with van der Waals surface area (Å²) in [5.74, 6) is -0.632. The van der Waals surface area contributed by atoms with Crippen LogP contribution in [0.5, 0.6) is 0 Å². The van der Waals surface area contributed by atoms with Crippen molar-refractivity contribution in [3.63, 3.8) is 0 Å². The zero-order valence-electron chi connectivity index (χ0n) is 11.3. The van der Waals surface area contributed by atoms with Gasteiger partial charge in [0.2, 0.25) is 16.0 Å². The summed E-state index contributed by atoms with van der Waals surface area (Å²) in [4.78, 5) is 29.4. The van der Waals surface area contributed by atoms with Gasteiger partial charge in [0.25, 0.3) is 5.56 Å². The molecule has 1 amide bonds. The van der Waals surface area contributed by atoms with Crippen LogP contribution in [0.4, 0.5) is 24.1 Å². The fourth-order valence-electron chi connectivity index (χ4n) is 1.33. The largest absolute Gasteiger partial charge is 0.445 e. The molecule has 23 heavy (non-hydrogen) atoms. The number of alkyl halides is 3. The molecule has 0 spiro atoms. The second kappa shape index (κ2) is 6.54. The van der Waals surface area contributed by atoms with Gasteiger partial charge >= 0.3 is 6.18 Å². The number of halogens is 3. The summed E-state index contributed by atoms with van der Waals surface area (Å²) >= 11 is 1.10. The maximum atomic E-state index is 12.4. The van der Waals surface area contributed by atoms with Gasteiger partial charge in [-0.1, -0.05) is 23.1 Å². The molecule has 0 fully saturated rings. The fraction of sp³-hybridized carbons (Fsp3) is 0.300. The van der Waals surface area contributed by atoms with E-state index in [1.54, 1.807) is 0 Å². The van der Waals surface area contributed by atoms with E-state index in [1.807, 2.05) is 0 Å². The van der Waals surface area contributed by atoms with Crippen LogP contribution in [0.25, 0.3) is 0 Å². The number of carbonyl (C=O) groups excluding carboxylic acids is 1. The highest BCUT2D eigenvalue weighted by atomic mass is 32.2. The number of aromatic amines is 1. The van der Waals surface area contributed by atoms with Crippen molar-refractivity contribution >= 4 is 40.0 Å². The molecule has 2 aromatic rings. The second-order valence-corrected chi connectivity index (χ2v) is 6.44. The van der Waals surface area contributed by atoms with E-state index in [2.05, 4.69) is 25.5 Å². The number of nitrogens with zero attached hydrogens (tertiary/aromatic N) is 3. The monoisotopic (exact) mass is 366 g/mol. The van der Waals surface area contributed by atoms with E-state index >= 15 is 0 Å². The number of H-pyrrole nitrogens is 1. The zero-order valence-corrected chi connectivity index (χ0v) is 13.0. The van der Waals surface area contributed by atoms with Crippen molar-refractivity contribution in [3.05, 3.63) is 21.4 Å². The Balaban J connectivity index is 2.02. The van der Waals surface area contributed by atoms with Crippen LogP contribution in [0.15, 0.2) is 16.0 Å². The van der Waals surface area contributed by atoms with Crippen molar-refractivity contribution < 1.29 is 18.0 Å². The molecular weight excluding hydrogens is 357 g/mol. The minimum Gasteiger partial charge on any atom is -0.383 e. The van der Waals surface area contributed by atoms with Crippen LogP contribution in [0.1, 0.15) is 11.9 Å². The van der Waals surface area contributed by atoms with Crippen molar-refractivity contribution in [2.45, 2.75) is 23.5 Å². The Morgan fingerprint density at radius 1 is 1.48 bits per heavy atom. The Bertz CT molecular complexity index is 774. The average molecular weight is 366 g/mol. The number of aromatic nitrogens is 4. The topological polar surface area (TPSA) is 127 Å². The summed E-state index contributed by atoms with van der Waals surface area (Å²) in [6, 6.07) is 1.08. The zero-order chi connectivity index (χ0) is 17.2. The molecule has 2 rings (SSSR count). The van der Waals surface area contributed by atoms with E-state index in [9.17, 15) is 22.8 Å². The maximum absolute atomic E-state index is 12.4. The second-order valence-electron chi connectivity index (χ2n) is 4.13. The predicted molar refractivity (Wildman–Crippen MR) is 78.1 cm³/mol. The van der Waals surface area contributed by atoms with Crippen molar-refractivity contribution in [1.82, 2.24) is 20.2 Å². The third-order valence-electron chi connectivity index (χ3n) is 2.30. The lowest BCUT2D eigenvalue weighted by Gasteiger charge is -2.09. The van der Waals surface area contributed by atoms with Crippen molar-refractivity contribution in [1.29, 1.82) is 0 Å². The molecule has 0 aliphatic carbocycles. The van der Waals surface area contributed by atoms with Gasteiger partial charge in [-0.25, -0.2) is 4.98 Å². The molecule has 0 aliphatic heterocycles. The molecule has 0 aromatic carbocycles. The first-order chi connectivity index (χ1) is 10.6. The maximum Gasteiger partial charge on any atom is 0.445 e. The number of hydrogen-bond donors (Lipinski definition) is 3. The van der Waals surface area contributed by atoms with Gasteiger partial charge in [-0.15, -0.1) is 10.2 Å². The number of nitrogen functional groups attached to an aromatic ring is 1. The number of anilines is 2. The summed E-state index contributed by atoms with van der Waals surface area (Å²) in [5.41, 5.74) is 4.93. The molecular formula is C10H9F3N6O2S2. The van der Waals surface area contributed by atoms with Crippen molar-refractivity contribution in [3.8, 4) is 0 Å². The summed E-state index contributed by atoms with van der Waals surface area (Å²) in [6.07, 6.45) is -4.62. The summed E-state index contributed by atoms with van der Waals surface area (Å²) < 4.78 is 37.2. The normalized spacial score (nSPS) is 12.9. The molecule has 0 bridgehead atoms. The SMILES string of the molecule is C[C@H](Sc1nc(N)cc(=O)[nH]1)C(=O)Nc1nnc(C(F)(F)F)s1. The molecule has 0 saturated heterocycles. The first-order valence-electron chi connectivity index (χ1n) is 5.90. The van der Waals surface area contributed by atoms with E-state index < -0.39 is 27.9 Å². The number of nitrogens with two attached hydrogens (primary N) is 1. The van der Waals surface area contributed by atoms with E-state index in [4.69, 9.17) is 5.73 Å². The number of rotatable bonds is 4. The number of carbonyl (C=O) groups is 1. The van der Waals surface area contributed by atoms with Gasteiger partial charge < -0.3 is 10.7 Å². The van der Waals surface area contributed by atoms with E-state index in [0.29, 0.717) is 0 Å². The number of thioether (sulfide) groups is 1. The van der Waals surface area contributed by atoms with Crippen LogP contribution >= 0.6 is 23.1 Å². The molecule has 124 valence electrons. The smallest absolute Gasteiger partial charge is 0.383 e. The Hall–Kier alpha value is -2.15. The average Bonchev–Trinajstić information content (AvgIpc) is 2.85. The molecule has 0 saturated carbocycles. The van der Waals surface area contributed by atoms with Crippen LogP contribution in [0, 0.1) is 0 Å². The van der Waals surface area contributed by atoms with E-state index in [-0.39, 0.29) is 27.4 Å². The summed E-state index contributed by atoms with van der Waals surface area (Å²) in [6.45, 7) is 1.48. The van der Waals surface area contributed by atoms with Gasteiger partial charge in [0.1, 0.15) is 5.82 Å². The Morgan fingerprint density at radius 3 is 2.74 bits per heavy atom. The molecule has 1 atom stereocenters. The highest BCUT2D eigenvalue weighted by Gasteiger charge is 2.36. The quantitative estimate of drug-likeness (QED) is 0.550. The lowest BCUT2D eigenvalue weighted by atomic mass is 10.4. The standard InChI is InChI=1S/C10H9F3N6O2S2/c1-3(22-8-15-4(14)2-5(20)16-8)6(21)17-9-19-18-7(23-9)10(11,12)13/h2-3H,1H3,(H,17,19,21)(H3,14,15,16,20)/t3-/m0/s1. The number of amides is 1. The summed E-state index contributed by atoms with van der Waals surface area (Å²) in [5, 5.41) is 6.34. The van der Waals surface area contributed by atoms with Crippen LogP contribution in [0.2, 0.25) is 0 Å². The van der Waals surface area contributed by atoms with Gasteiger partial charge in [0.05, 0.1) is 5.25 Å². The lowest BCUT2D eigenvalue weighted by Crippen LogP contribution is -2.23. The molecule has 13 heteroatoms. The number of nitrogens with one attached hydrogen (secondary N) is 2. The lowest BCUT2D eigenvalue weighted by molar-refractivity contribution is -0.138. The van der Waals surface area contributed by atoms with Gasteiger partial charge in [-0.05, 0) is 6.92 Å².